The van der Waals surface area contributed by atoms with Crippen molar-refractivity contribution in [1.82, 2.24) is 40.4 Å². The molecule has 4 rings (SSSR count). The first kappa shape index (κ1) is 22.8. The molecule has 0 saturated carbocycles. The molecule has 0 radical (unpaired) electrons. The summed E-state index contributed by atoms with van der Waals surface area (Å²) in [7, 11) is 0. The van der Waals surface area contributed by atoms with Gasteiger partial charge in [-0.15, -0.1) is 5.10 Å². The molecule has 4 aromatic heterocycles. The van der Waals surface area contributed by atoms with Gasteiger partial charge in [0.15, 0.2) is 0 Å². The SMILES string of the molecule is Cc1nc(Cl)ccc1-c1cn[nH]n1.Cc1nc(Cl)ccc1-c1cnnn1CC(C)(C)O. The van der Waals surface area contributed by atoms with Gasteiger partial charge in [0.25, 0.3) is 0 Å². The van der Waals surface area contributed by atoms with Gasteiger partial charge in [0.1, 0.15) is 16.0 Å². The lowest BCUT2D eigenvalue weighted by atomic mass is 10.1. The van der Waals surface area contributed by atoms with Crippen molar-refractivity contribution in [3.05, 3.63) is 58.4 Å². The third kappa shape index (κ3) is 6.06. The fourth-order valence-electron chi connectivity index (χ4n) is 2.88. The summed E-state index contributed by atoms with van der Waals surface area (Å²) in [5.41, 5.74) is 4.26. The number of rotatable bonds is 4. The quantitative estimate of drug-likeness (QED) is 0.443. The Labute approximate surface area is 189 Å². The summed E-state index contributed by atoms with van der Waals surface area (Å²) in [6, 6.07) is 7.22. The Bertz CT molecular complexity index is 1150. The van der Waals surface area contributed by atoms with Crippen LogP contribution >= 0.6 is 23.2 Å². The van der Waals surface area contributed by atoms with Crippen molar-refractivity contribution in [2.75, 3.05) is 0 Å². The third-order valence-electron chi connectivity index (χ3n) is 4.23. The van der Waals surface area contributed by atoms with E-state index in [0.29, 0.717) is 16.9 Å². The van der Waals surface area contributed by atoms with Crippen LogP contribution < -0.4 is 0 Å². The number of aromatic nitrogens is 8. The van der Waals surface area contributed by atoms with Crippen molar-refractivity contribution in [1.29, 1.82) is 0 Å². The summed E-state index contributed by atoms with van der Waals surface area (Å²) >= 11 is 11.6. The number of nitrogens with zero attached hydrogens (tertiary/aromatic N) is 7. The minimum Gasteiger partial charge on any atom is -0.389 e. The van der Waals surface area contributed by atoms with Crippen LogP contribution in [0.3, 0.4) is 0 Å². The van der Waals surface area contributed by atoms with Crippen LogP contribution in [0.2, 0.25) is 10.3 Å². The maximum Gasteiger partial charge on any atom is 0.129 e. The highest BCUT2D eigenvalue weighted by Crippen LogP contribution is 2.24. The van der Waals surface area contributed by atoms with E-state index in [4.69, 9.17) is 23.2 Å². The molecule has 4 heterocycles. The molecule has 0 aliphatic heterocycles. The number of aromatic amines is 1. The number of hydrogen-bond donors (Lipinski definition) is 2. The highest BCUT2D eigenvalue weighted by Gasteiger charge is 2.18. The largest absolute Gasteiger partial charge is 0.389 e. The van der Waals surface area contributed by atoms with Crippen molar-refractivity contribution in [3.8, 4) is 22.5 Å². The van der Waals surface area contributed by atoms with Gasteiger partial charge in [-0.3, -0.25) is 0 Å². The summed E-state index contributed by atoms with van der Waals surface area (Å²) in [5.74, 6) is 0. The number of nitrogens with one attached hydrogen (secondary N) is 1. The van der Waals surface area contributed by atoms with Gasteiger partial charge in [0.05, 0.1) is 30.2 Å². The predicted molar refractivity (Wildman–Crippen MR) is 119 cm³/mol. The minimum absolute atomic E-state index is 0.365. The molecule has 0 spiro atoms. The molecule has 0 aliphatic carbocycles. The number of aryl methyl sites for hydroxylation is 2. The maximum atomic E-state index is 9.85. The van der Waals surface area contributed by atoms with Crippen LogP contribution in [0.5, 0.6) is 0 Å². The second-order valence-electron chi connectivity index (χ2n) is 7.48. The summed E-state index contributed by atoms with van der Waals surface area (Å²) < 4.78 is 1.66. The van der Waals surface area contributed by atoms with E-state index in [9.17, 15) is 5.11 Å². The lowest BCUT2D eigenvalue weighted by Crippen LogP contribution is -2.27. The fraction of sp³-hybridized carbons (Fsp3) is 0.300. The van der Waals surface area contributed by atoms with E-state index >= 15 is 0 Å². The zero-order valence-electron chi connectivity index (χ0n) is 17.5. The van der Waals surface area contributed by atoms with Crippen LogP contribution in [0.25, 0.3) is 22.5 Å². The molecule has 11 heteroatoms. The lowest BCUT2D eigenvalue weighted by Gasteiger charge is -2.18. The lowest BCUT2D eigenvalue weighted by molar-refractivity contribution is 0.0576. The van der Waals surface area contributed by atoms with Crippen LogP contribution in [0.1, 0.15) is 25.2 Å². The van der Waals surface area contributed by atoms with E-state index < -0.39 is 5.60 Å². The molecule has 0 fully saturated rings. The zero-order chi connectivity index (χ0) is 22.6. The minimum atomic E-state index is -0.851. The second-order valence-corrected chi connectivity index (χ2v) is 8.25. The molecule has 0 unspecified atom stereocenters. The van der Waals surface area contributed by atoms with Gasteiger partial charge < -0.3 is 5.11 Å². The number of aliphatic hydroxyl groups is 1. The standard InChI is InChI=1S/C12H15ClN4O.C8H7ClN4/c1-8-9(4-5-11(13)15-8)10-6-14-16-17(10)7-12(2,3)18;1-5-6(2-3-8(9)11-5)7-4-10-13-12-7/h4-6,18H,7H2,1-3H3;2-4H,1H3,(H,10,12,13). The Balaban J connectivity index is 0.000000185. The number of pyridine rings is 2. The van der Waals surface area contributed by atoms with Gasteiger partial charge in [-0.25, -0.2) is 14.6 Å². The second kappa shape index (κ2) is 9.51. The average Bonchev–Trinajstić information content (AvgIpc) is 3.33. The molecule has 2 N–H and O–H groups in total. The monoisotopic (exact) mass is 460 g/mol. The van der Waals surface area contributed by atoms with Crippen LogP contribution in [0.4, 0.5) is 0 Å². The van der Waals surface area contributed by atoms with Gasteiger partial charge in [0.2, 0.25) is 0 Å². The molecule has 0 aliphatic rings. The van der Waals surface area contributed by atoms with Crippen LogP contribution in [-0.4, -0.2) is 51.1 Å². The topological polar surface area (TPSA) is 118 Å². The van der Waals surface area contributed by atoms with Crippen molar-refractivity contribution < 1.29 is 5.11 Å². The Morgan fingerprint density at radius 1 is 0.968 bits per heavy atom. The van der Waals surface area contributed by atoms with Gasteiger partial charge in [0, 0.05) is 22.5 Å². The summed E-state index contributed by atoms with van der Waals surface area (Å²) in [6.45, 7) is 7.58. The molecule has 162 valence electrons. The average molecular weight is 461 g/mol. The molecule has 0 saturated heterocycles. The fourth-order valence-corrected chi connectivity index (χ4v) is 3.26. The van der Waals surface area contributed by atoms with Gasteiger partial charge in [-0.1, -0.05) is 28.4 Å². The normalized spacial score (nSPS) is 11.2. The van der Waals surface area contributed by atoms with E-state index in [2.05, 4.69) is 35.7 Å². The van der Waals surface area contributed by atoms with E-state index in [1.165, 1.54) is 0 Å². The Morgan fingerprint density at radius 2 is 1.58 bits per heavy atom. The first-order chi connectivity index (χ1) is 14.6. The number of hydrogen-bond acceptors (Lipinski definition) is 7. The van der Waals surface area contributed by atoms with Crippen LogP contribution in [0.15, 0.2) is 36.7 Å². The first-order valence-corrected chi connectivity index (χ1v) is 10.1. The smallest absolute Gasteiger partial charge is 0.129 e. The number of H-pyrrole nitrogens is 1. The van der Waals surface area contributed by atoms with Crippen LogP contribution in [0, 0.1) is 13.8 Å². The van der Waals surface area contributed by atoms with Gasteiger partial charge in [-0.05, 0) is 52.0 Å². The van der Waals surface area contributed by atoms with Crippen molar-refractivity contribution >= 4 is 23.2 Å². The van der Waals surface area contributed by atoms with E-state index in [1.54, 1.807) is 43.1 Å². The molecule has 9 nitrogen and oxygen atoms in total. The highest BCUT2D eigenvalue weighted by molar-refractivity contribution is 6.29. The van der Waals surface area contributed by atoms with E-state index in [1.807, 2.05) is 26.0 Å². The first-order valence-electron chi connectivity index (χ1n) is 9.38. The molecule has 0 atom stereocenters. The molecule has 0 aromatic carbocycles. The zero-order valence-corrected chi connectivity index (χ0v) is 19.0. The predicted octanol–water partition coefficient (Wildman–Crippen LogP) is 3.90. The van der Waals surface area contributed by atoms with Crippen molar-refractivity contribution in [3.63, 3.8) is 0 Å². The summed E-state index contributed by atoms with van der Waals surface area (Å²) in [6.07, 6.45) is 3.31. The van der Waals surface area contributed by atoms with Gasteiger partial charge in [-0.2, -0.15) is 15.4 Å². The Hall–Kier alpha value is -2.88. The Kier molecular flexibility index (Phi) is 6.99. The number of halogens is 2. The Morgan fingerprint density at radius 3 is 2.10 bits per heavy atom. The molecule has 0 amide bonds. The molecule has 31 heavy (non-hydrogen) atoms. The molecular formula is C20H22Cl2N8O. The summed E-state index contributed by atoms with van der Waals surface area (Å²) in [5, 5.41) is 28.9. The third-order valence-corrected chi connectivity index (χ3v) is 4.65. The highest BCUT2D eigenvalue weighted by atomic mass is 35.5. The maximum absolute atomic E-state index is 9.85. The van der Waals surface area contributed by atoms with Crippen LogP contribution in [-0.2, 0) is 6.54 Å². The van der Waals surface area contributed by atoms with E-state index in [-0.39, 0.29) is 0 Å². The summed E-state index contributed by atoms with van der Waals surface area (Å²) in [4.78, 5) is 8.31. The molecule has 0 bridgehead atoms. The van der Waals surface area contributed by atoms with Crippen molar-refractivity contribution in [2.45, 2.75) is 39.8 Å². The van der Waals surface area contributed by atoms with E-state index in [0.717, 1.165) is 33.9 Å². The molecular weight excluding hydrogens is 439 g/mol. The van der Waals surface area contributed by atoms with Crippen molar-refractivity contribution in [2.24, 2.45) is 0 Å². The van der Waals surface area contributed by atoms with Gasteiger partial charge >= 0.3 is 0 Å². The molecule has 4 aromatic rings.